The van der Waals surface area contributed by atoms with E-state index in [2.05, 4.69) is 10.3 Å². The van der Waals surface area contributed by atoms with Crippen molar-refractivity contribution in [2.24, 2.45) is 0 Å². The molecule has 33 heavy (non-hydrogen) atoms. The van der Waals surface area contributed by atoms with Gasteiger partial charge in [0.25, 0.3) is 0 Å². The van der Waals surface area contributed by atoms with E-state index in [9.17, 15) is 17.6 Å². The van der Waals surface area contributed by atoms with Gasteiger partial charge in [-0.3, -0.25) is 4.79 Å². The van der Waals surface area contributed by atoms with E-state index in [1.165, 1.54) is 33.9 Å². The van der Waals surface area contributed by atoms with Crippen LogP contribution in [0.1, 0.15) is 24.1 Å². The third-order valence-electron chi connectivity index (χ3n) is 5.48. The van der Waals surface area contributed by atoms with Gasteiger partial charge in [-0.15, -0.1) is 11.3 Å². The quantitative estimate of drug-likeness (QED) is 0.530. The predicted octanol–water partition coefficient (Wildman–Crippen LogP) is 4.24. The summed E-state index contributed by atoms with van der Waals surface area (Å²) in [5.41, 5.74) is 2.47. The summed E-state index contributed by atoms with van der Waals surface area (Å²) in [6, 6.07) is 12.9. The first kappa shape index (κ1) is 23.3. The molecule has 1 amide bonds. The standard InChI is InChI=1S/C24H24FN3O3S2/c1-17-2-9-22(10-3-17)33(30,31)28-14-12-20(13-15-28)26-23(29)11-8-21-16-32-24(27-21)18-4-6-19(25)7-5-18/h2-11,16,20H,12-15H2,1H3,(H,26,29)/b11-8+. The van der Waals surface area contributed by atoms with Crippen LogP contribution in [0, 0.1) is 12.7 Å². The fourth-order valence-electron chi connectivity index (χ4n) is 3.60. The Hall–Kier alpha value is -2.88. The summed E-state index contributed by atoms with van der Waals surface area (Å²) in [4.78, 5) is 17.1. The maximum atomic E-state index is 13.1. The van der Waals surface area contributed by atoms with Gasteiger partial charge in [0.05, 0.1) is 10.6 Å². The summed E-state index contributed by atoms with van der Waals surface area (Å²) in [7, 11) is -3.52. The highest BCUT2D eigenvalue weighted by atomic mass is 32.2. The van der Waals surface area contributed by atoms with E-state index in [1.807, 2.05) is 12.3 Å². The molecule has 1 fully saturated rings. The Morgan fingerprint density at radius 2 is 1.79 bits per heavy atom. The maximum absolute atomic E-state index is 13.1. The molecule has 2 heterocycles. The molecule has 0 saturated carbocycles. The minimum atomic E-state index is -3.52. The van der Waals surface area contributed by atoms with Gasteiger partial charge in [-0.25, -0.2) is 17.8 Å². The monoisotopic (exact) mass is 485 g/mol. The molecule has 3 aromatic rings. The molecular formula is C24H24FN3O3S2. The number of hydrogen-bond donors (Lipinski definition) is 1. The van der Waals surface area contributed by atoms with Gasteiger partial charge in [0, 0.05) is 36.2 Å². The molecule has 0 unspecified atom stereocenters. The topological polar surface area (TPSA) is 79.4 Å². The second kappa shape index (κ2) is 9.94. The molecule has 6 nitrogen and oxygen atoms in total. The Morgan fingerprint density at radius 1 is 1.12 bits per heavy atom. The number of carbonyl (C=O) groups is 1. The molecule has 1 aliphatic rings. The molecule has 1 N–H and O–H groups in total. The fourth-order valence-corrected chi connectivity index (χ4v) is 5.86. The highest BCUT2D eigenvalue weighted by molar-refractivity contribution is 7.89. The largest absolute Gasteiger partial charge is 0.350 e. The van der Waals surface area contributed by atoms with Gasteiger partial charge in [-0.2, -0.15) is 4.31 Å². The molecule has 1 aromatic heterocycles. The number of rotatable bonds is 6. The summed E-state index contributed by atoms with van der Waals surface area (Å²) in [6.07, 6.45) is 4.17. The third kappa shape index (κ3) is 5.73. The number of aromatic nitrogens is 1. The Morgan fingerprint density at radius 3 is 2.45 bits per heavy atom. The van der Waals surface area contributed by atoms with Crippen LogP contribution in [0.4, 0.5) is 4.39 Å². The van der Waals surface area contributed by atoms with Crippen LogP contribution in [0.15, 0.2) is 64.9 Å². The number of hydrogen-bond acceptors (Lipinski definition) is 5. The number of amides is 1. The van der Waals surface area contributed by atoms with E-state index < -0.39 is 10.0 Å². The summed E-state index contributed by atoms with van der Waals surface area (Å²) in [5.74, 6) is -0.545. The number of nitrogens with zero attached hydrogens (tertiary/aromatic N) is 2. The van der Waals surface area contributed by atoms with E-state index in [4.69, 9.17) is 0 Å². The first-order valence-corrected chi connectivity index (χ1v) is 12.9. The van der Waals surface area contributed by atoms with Crippen molar-refractivity contribution >= 4 is 33.3 Å². The van der Waals surface area contributed by atoms with Crippen molar-refractivity contribution in [1.29, 1.82) is 0 Å². The second-order valence-electron chi connectivity index (χ2n) is 7.92. The zero-order valence-corrected chi connectivity index (χ0v) is 19.7. The van der Waals surface area contributed by atoms with E-state index in [-0.39, 0.29) is 17.8 Å². The van der Waals surface area contributed by atoms with E-state index >= 15 is 0 Å². The SMILES string of the molecule is Cc1ccc(S(=O)(=O)N2CCC(NC(=O)/C=C/c3csc(-c4ccc(F)cc4)n3)CC2)cc1. The molecular weight excluding hydrogens is 461 g/mol. The molecule has 172 valence electrons. The summed E-state index contributed by atoms with van der Waals surface area (Å²) in [6.45, 7) is 2.63. The smallest absolute Gasteiger partial charge is 0.244 e. The highest BCUT2D eigenvalue weighted by Crippen LogP contribution is 2.24. The second-order valence-corrected chi connectivity index (χ2v) is 10.7. The molecule has 9 heteroatoms. The van der Waals surface area contributed by atoms with Gasteiger partial charge in [-0.1, -0.05) is 17.7 Å². The van der Waals surface area contributed by atoms with Crippen LogP contribution in [-0.4, -0.2) is 42.7 Å². The predicted molar refractivity (Wildman–Crippen MR) is 128 cm³/mol. The Balaban J connectivity index is 1.29. The summed E-state index contributed by atoms with van der Waals surface area (Å²) < 4.78 is 40.2. The van der Waals surface area contributed by atoms with Crippen molar-refractivity contribution in [2.45, 2.75) is 30.7 Å². The average Bonchev–Trinajstić information content (AvgIpc) is 3.28. The van der Waals surface area contributed by atoms with Crippen LogP contribution < -0.4 is 5.32 Å². The third-order valence-corrected chi connectivity index (χ3v) is 8.30. The number of aryl methyl sites for hydroxylation is 1. The Kier molecular flexibility index (Phi) is 7.02. The minimum Gasteiger partial charge on any atom is -0.350 e. The van der Waals surface area contributed by atoms with Gasteiger partial charge in [0.2, 0.25) is 15.9 Å². The van der Waals surface area contributed by atoms with Gasteiger partial charge in [0.15, 0.2) is 0 Å². The van der Waals surface area contributed by atoms with Gasteiger partial charge in [0.1, 0.15) is 10.8 Å². The van der Waals surface area contributed by atoms with Crippen LogP contribution in [0.25, 0.3) is 16.6 Å². The zero-order chi connectivity index (χ0) is 23.4. The van der Waals surface area contributed by atoms with E-state index in [0.29, 0.717) is 36.5 Å². The van der Waals surface area contributed by atoms with Crippen molar-refractivity contribution in [3.8, 4) is 10.6 Å². The van der Waals surface area contributed by atoms with Crippen LogP contribution in [0.3, 0.4) is 0 Å². The van der Waals surface area contributed by atoms with Gasteiger partial charge < -0.3 is 5.32 Å². The van der Waals surface area contributed by atoms with Crippen LogP contribution in [0.2, 0.25) is 0 Å². The molecule has 0 radical (unpaired) electrons. The number of sulfonamides is 1. The lowest BCUT2D eigenvalue weighted by Crippen LogP contribution is -2.46. The first-order valence-electron chi connectivity index (χ1n) is 10.6. The lowest BCUT2D eigenvalue weighted by Gasteiger charge is -2.31. The van der Waals surface area contributed by atoms with E-state index in [1.54, 1.807) is 42.5 Å². The lowest BCUT2D eigenvalue weighted by molar-refractivity contribution is -0.117. The van der Waals surface area contributed by atoms with E-state index in [0.717, 1.165) is 16.1 Å². The maximum Gasteiger partial charge on any atom is 0.244 e. The number of halogens is 1. The molecule has 0 spiro atoms. The van der Waals surface area contributed by atoms with Crippen LogP contribution in [-0.2, 0) is 14.8 Å². The number of nitrogens with one attached hydrogen (secondary N) is 1. The summed E-state index contributed by atoms with van der Waals surface area (Å²) in [5, 5.41) is 5.52. The van der Waals surface area contributed by atoms with Crippen molar-refractivity contribution in [1.82, 2.24) is 14.6 Å². The summed E-state index contributed by atoms with van der Waals surface area (Å²) >= 11 is 1.42. The molecule has 4 rings (SSSR count). The average molecular weight is 486 g/mol. The highest BCUT2D eigenvalue weighted by Gasteiger charge is 2.29. The number of carbonyl (C=O) groups excluding carboxylic acids is 1. The van der Waals surface area contributed by atoms with Crippen molar-refractivity contribution < 1.29 is 17.6 Å². The molecule has 0 atom stereocenters. The lowest BCUT2D eigenvalue weighted by atomic mass is 10.1. The number of thiazole rings is 1. The van der Waals surface area contributed by atoms with Gasteiger partial charge in [-0.05, 0) is 62.2 Å². The Bertz CT molecular complexity index is 1240. The van der Waals surface area contributed by atoms with Crippen LogP contribution in [0.5, 0.6) is 0 Å². The van der Waals surface area contributed by atoms with Gasteiger partial charge >= 0.3 is 0 Å². The number of piperidine rings is 1. The van der Waals surface area contributed by atoms with Crippen molar-refractivity contribution in [3.63, 3.8) is 0 Å². The molecule has 2 aromatic carbocycles. The molecule has 1 saturated heterocycles. The fraction of sp³-hybridized carbons (Fsp3) is 0.250. The normalized spacial score (nSPS) is 15.7. The molecule has 0 bridgehead atoms. The van der Waals surface area contributed by atoms with Crippen LogP contribution >= 0.6 is 11.3 Å². The zero-order valence-electron chi connectivity index (χ0n) is 18.1. The molecule has 1 aliphatic heterocycles. The first-order chi connectivity index (χ1) is 15.8. The number of benzene rings is 2. The molecule has 0 aliphatic carbocycles. The Labute approximate surface area is 196 Å². The van der Waals surface area contributed by atoms with Crippen molar-refractivity contribution in [3.05, 3.63) is 77.1 Å². The minimum absolute atomic E-state index is 0.0863. The van der Waals surface area contributed by atoms with Crippen molar-refractivity contribution in [2.75, 3.05) is 13.1 Å².